The number of benzene rings is 4. The van der Waals surface area contributed by atoms with Gasteiger partial charge in [0.1, 0.15) is 18.1 Å². The van der Waals surface area contributed by atoms with Crippen LogP contribution in [0.4, 0.5) is 0 Å². The highest BCUT2D eigenvalue weighted by atomic mass is 16.6. The van der Waals surface area contributed by atoms with Gasteiger partial charge in [-0.3, -0.25) is 4.79 Å². The summed E-state index contributed by atoms with van der Waals surface area (Å²) in [6.45, 7) is 4.03. The van der Waals surface area contributed by atoms with Crippen LogP contribution in [0.2, 0.25) is 0 Å². The summed E-state index contributed by atoms with van der Waals surface area (Å²) >= 11 is 0. The first-order chi connectivity index (χ1) is 19.4. The van der Waals surface area contributed by atoms with Gasteiger partial charge in [0.25, 0.3) is 5.91 Å². The van der Waals surface area contributed by atoms with Gasteiger partial charge in [-0.05, 0) is 79.6 Å². The van der Waals surface area contributed by atoms with Gasteiger partial charge >= 0.3 is 5.97 Å². The molecule has 0 aliphatic rings. The molecule has 0 fully saturated rings. The second kappa shape index (κ2) is 13.6. The van der Waals surface area contributed by atoms with Gasteiger partial charge < -0.3 is 18.9 Å². The molecule has 8 nitrogen and oxygen atoms in total. The lowest BCUT2D eigenvalue weighted by atomic mass is 10.1. The van der Waals surface area contributed by atoms with Crippen molar-refractivity contribution in [3.05, 3.63) is 119 Å². The molecule has 0 aliphatic heterocycles. The summed E-state index contributed by atoms with van der Waals surface area (Å²) < 4.78 is 22.3. The lowest BCUT2D eigenvalue weighted by molar-refractivity contribution is -0.127. The third-order valence-corrected chi connectivity index (χ3v) is 5.82. The number of nitrogens with zero attached hydrogens (tertiary/aromatic N) is 1. The van der Waals surface area contributed by atoms with Gasteiger partial charge in [-0.1, -0.05) is 48.0 Å². The number of carbonyl (C=O) groups excluding carboxylic acids is 2. The fourth-order valence-corrected chi connectivity index (χ4v) is 3.57. The van der Waals surface area contributed by atoms with E-state index >= 15 is 0 Å². The van der Waals surface area contributed by atoms with Crippen molar-refractivity contribution in [1.29, 1.82) is 0 Å². The highest BCUT2D eigenvalue weighted by molar-refractivity contribution is 5.91. The van der Waals surface area contributed by atoms with Crippen molar-refractivity contribution in [2.24, 2.45) is 5.10 Å². The third-order valence-electron chi connectivity index (χ3n) is 5.82. The van der Waals surface area contributed by atoms with E-state index in [1.54, 1.807) is 61.5 Å². The van der Waals surface area contributed by atoms with Crippen LogP contribution in [-0.4, -0.2) is 31.3 Å². The largest absolute Gasteiger partial charge is 0.493 e. The molecule has 1 atom stereocenters. The Morgan fingerprint density at radius 3 is 2.27 bits per heavy atom. The maximum Gasteiger partial charge on any atom is 0.343 e. The Balaban J connectivity index is 1.27. The Kier molecular flexibility index (Phi) is 9.50. The Morgan fingerprint density at radius 2 is 1.57 bits per heavy atom. The van der Waals surface area contributed by atoms with Gasteiger partial charge in [-0.2, -0.15) is 5.10 Å². The number of hydrogen-bond acceptors (Lipinski definition) is 7. The molecule has 4 aromatic carbocycles. The second-order valence-electron chi connectivity index (χ2n) is 8.91. The number of amides is 1. The minimum Gasteiger partial charge on any atom is -0.493 e. The monoisotopic (exact) mass is 538 g/mol. The maximum absolute atomic E-state index is 12.5. The van der Waals surface area contributed by atoms with Crippen molar-refractivity contribution in [2.75, 3.05) is 7.11 Å². The molecule has 0 unspecified atom stereocenters. The summed E-state index contributed by atoms with van der Waals surface area (Å²) in [5, 5.41) is 4.01. The van der Waals surface area contributed by atoms with Crippen molar-refractivity contribution in [1.82, 2.24) is 5.43 Å². The average Bonchev–Trinajstić information content (AvgIpc) is 2.98. The van der Waals surface area contributed by atoms with Crippen LogP contribution in [0.3, 0.4) is 0 Å². The summed E-state index contributed by atoms with van der Waals surface area (Å²) in [4.78, 5) is 24.9. The predicted molar refractivity (Wildman–Crippen MR) is 152 cm³/mol. The number of ether oxygens (including phenoxy) is 4. The van der Waals surface area contributed by atoms with E-state index < -0.39 is 18.0 Å². The van der Waals surface area contributed by atoms with Gasteiger partial charge in [-0.15, -0.1) is 0 Å². The van der Waals surface area contributed by atoms with Crippen molar-refractivity contribution in [3.63, 3.8) is 0 Å². The summed E-state index contributed by atoms with van der Waals surface area (Å²) in [5.41, 5.74) is 5.65. The van der Waals surface area contributed by atoms with E-state index in [0.29, 0.717) is 35.0 Å². The zero-order valence-electron chi connectivity index (χ0n) is 22.5. The lowest BCUT2D eigenvalue weighted by Gasteiger charge is -2.13. The molecule has 0 heterocycles. The quantitative estimate of drug-likeness (QED) is 0.114. The first-order valence-corrected chi connectivity index (χ1v) is 12.6. The number of nitrogens with one attached hydrogen (secondary N) is 1. The van der Waals surface area contributed by atoms with Crippen molar-refractivity contribution < 1.29 is 28.5 Å². The van der Waals surface area contributed by atoms with E-state index in [0.717, 1.165) is 11.1 Å². The molecule has 8 heteroatoms. The fraction of sp³-hybridized carbons (Fsp3) is 0.156. The van der Waals surface area contributed by atoms with Crippen molar-refractivity contribution >= 4 is 18.1 Å². The van der Waals surface area contributed by atoms with E-state index in [1.165, 1.54) is 13.3 Å². The van der Waals surface area contributed by atoms with E-state index in [4.69, 9.17) is 18.9 Å². The number of esters is 1. The van der Waals surface area contributed by atoms with Crippen molar-refractivity contribution in [3.8, 4) is 23.0 Å². The highest BCUT2D eigenvalue weighted by Gasteiger charge is 2.15. The molecule has 0 bridgehead atoms. The van der Waals surface area contributed by atoms with Crippen LogP contribution in [0.25, 0.3) is 0 Å². The molecule has 1 amide bonds. The van der Waals surface area contributed by atoms with Crippen LogP contribution in [0, 0.1) is 6.92 Å². The van der Waals surface area contributed by atoms with Crippen LogP contribution in [0.1, 0.15) is 34.0 Å². The molecule has 0 aromatic heterocycles. The van der Waals surface area contributed by atoms with Crippen LogP contribution in [0.5, 0.6) is 23.0 Å². The Morgan fingerprint density at radius 1 is 0.875 bits per heavy atom. The van der Waals surface area contributed by atoms with Crippen LogP contribution in [-0.2, 0) is 11.4 Å². The summed E-state index contributed by atoms with van der Waals surface area (Å²) in [6, 6.07) is 29.0. The summed E-state index contributed by atoms with van der Waals surface area (Å²) in [6.07, 6.45) is 0.670. The Labute approximate surface area is 233 Å². The molecule has 204 valence electrons. The molecule has 0 spiro atoms. The van der Waals surface area contributed by atoms with Gasteiger partial charge in [0.05, 0.1) is 18.9 Å². The smallest absolute Gasteiger partial charge is 0.343 e. The minimum absolute atomic E-state index is 0.271. The Hall–Kier alpha value is -5.11. The number of aryl methyl sites for hydroxylation is 1. The van der Waals surface area contributed by atoms with Crippen LogP contribution in [0.15, 0.2) is 102 Å². The fourth-order valence-electron chi connectivity index (χ4n) is 3.57. The zero-order valence-corrected chi connectivity index (χ0v) is 22.5. The maximum atomic E-state index is 12.5. The molecule has 40 heavy (non-hydrogen) atoms. The first-order valence-electron chi connectivity index (χ1n) is 12.6. The first kappa shape index (κ1) is 27.9. The van der Waals surface area contributed by atoms with E-state index in [1.807, 2.05) is 49.4 Å². The van der Waals surface area contributed by atoms with Crippen LogP contribution < -0.4 is 24.4 Å². The molecule has 4 rings (SSSR count). The number of methoxy groups -OCH3 is 1. The molecule has 0 saturated carbocycles. The highest BCUT2D eigenvalue weighted by Crippen LogP contribution is 2.28. The molecule has 0 aliphatic carbocycles. The average molecular weight is 539 g/mol. The summed E-state index contributed by atoms with van der Waals surface area (Å²) in [7, 11) is 1.47. The van der Waals surface area contributed by atoms with E-state index in [2.05, 4.69) is 10.5 Å². The van der Waals surface area contributed by atoms with Gasteiger partial charge in [0.2, 0.25) is 0 Å². The lowest BCUT2D eigenvalue weighted by Crippen LogP contribution is -2.33. The normalized spacial score (nSPS) is 11.5. The number of hydrazone groups is 1. The zero-order chi connectivity index (χ0) is 28.3. The minimum atomic E-state index is -0.786. The van der Waals surface area contributed by atoms with Crippen LogP contribution >= 0.6 is 0 Å². The molecular weight excluding hydrogens is 508 g/mol. The number of hydrogen-bond donors (Lipinski definition) is 1. The molecule has 1 N–H and O–H groups in total. The van der Waals surface area contributed by atoms with Crippen molar-refractivity contribution in [2.45, 2.75) is 26.6 Å². The molecule has 0 radical (unpaired) electrons. The third kappa shape index (κ3) is 7.94. The van der Waals surface area contributed by atoms with Gasteiger partial charge in [0.15, 0.2) is 17.6 Å². The number of rotatable bonds is 11. The van der Waals surface area contributed by atoms with Gasteiger partial charge in [0, 0.05) is 0 Å². The topological polar surface area (TPSA) is 95.5 Å². The predicted octanol–water partition coefficient (Wildman–Crippen LogP) is 5.72. The second-order valence-corrected chi connectivity index (χ2v) is 8.91. The van der Waals surface area contributed by atoms with E-state index in [9.17, 15) is 9.59 Å². The molecule has 4 aromatic rings. The van der Waals surface area contributed by atoms with E-state index in [-0.39, 0.29) is 5.75 Å². The molecule has 0 saturated heterocycles. The summed E-state index contributed by atoms with van der Waals surface area (Å²) in [5.74, 6) is 0.937. The number of carbonyl (C=O) groups is 2. The van der Waals surface area contributed by atoms with Gasteiger partial charge in [-0.25, -0.2) is 10.2 Å². The standard InChI is InChI=1S/C32H30N2O6/c1-22-9-12-26(13-10-22)32(36)40-29-18-11-25(19-30(29)37-3)20-33-34-31(35)23(2)39-28-16-14-27(15-17-28)38-21-24-7-5-4-6-8-24/h4-20,23H,21H2,1-3H3,(H,34,35)/b33-20-/t23-/m0/s1. The SMILES string of the molecule is COc1cc(/C=N\NC(=O)[C@H](C)Oc2ccc(OCc3ccccc3)cc2)ccc1OC(=O)c1ccc(C)cc1. The molecular formula is C32H30N2O6. The Bertz CT molecular complexity index is 1450.